The quantitative estimate of drug-likeness (QED) is 0.160. The van der Waals surface area contributed by atoms with Gasteiger partial charge < -0.3 is 19.8 Å². The Balaban J connectivity index is 1.22. The SMILES string of the molecule is OB(O)c1ccc(-c2ccc(N(c3ccccc3)c3ccc(N(c4ccccc4)c4ccc(-c5ccccc5)cc4)cc3)cc2)cc1. The summed E-state index contributed by atoms with van der Waals surface area (Å²) in [5.74, 6) is 0. The second kappa shape index (κ2) is 13.6. The number of hydrogen-bond donors (Lipinski definition) is 2. The van der Waals surface area contributed by atoms with E-state index in [9.17, 15) is 10.0 Å². The molecule has 4 nitrogen and oxygen atoms in total. The van der Waals surface area contributed by atoms with E-state index < -0.39 is 7.12 Å². The minimum Gasteiger partial charge on any atom is -0.423 e. The molecule has 2 N–H and O–H groups in total. The van der Waals surface area contributed by atoms with Crippen molar-refractivity contribution in [2.75, 3.05) is 9.80 Å². The first-order chi connectivity index (χ1) is 23.1. The van der Waals surface area contributed by atoms with Crippen LogP contribution in [-0.2, 0) is 0 Å². The first kappa shape index (κ1) is 29.8. The first-order valence-corrected chi connectivity index (χ1v) is 15.7. The average Bonchev–Trinajstić information content (AvgIpc) is 3.14. The van der Waals surface area contributed by atoms with Gasteiger partial charge in [-0.25, -0.2) is 0 Å². The smallest absolute Gasteiger partial charge is 0.423 e. The number of nitrogens with zero attached hydrogens (tertiary/aromatic N) is 2. The fraction of sp³-hybridized carbons (Fsp3) is 0. The lowest BCUT2D eigenvalue weighted by Crippen LogP contribution is -2.29. The molecule has 7 aromatic rings. The molecule has 0 bridgehead atoms. The van der Waals surface area contributed by atoms with Gasteiger partial charge in [0.15, 0.2) is 0 Å². The van der Waals surface area contributed by atoms with Gasteiger partial charge in [-0.2, -0.15) is 0 Å². The minimum atomic E-state index is -1.47. The summed E-state index contributed by atoms with van der Waals surface area (Å²) in [5.41, 5.74) is 11.3. The van der Waals surface area contributed by atoms with E-state index in [0.29, 0.717) is 5.46 Å². The van der Waals surface area contributed by atoms with Crippen molar-refractivity contribution < 1.29 is 10.0 Å². The molecular formula is C42H33BN2O2. The third-order valence-corrected chi connectivity index (χ3v) is 8.30. The first-order valence-electron chi connectivity index (χ1n) is 15.7. The predicted molar refractivity (Wildman–Crippen MR) is 197 cm³/mol. The van der Waals surface area contributed by atoms with Gasteiger partial charge in [0, 0.05) is 34.1 Å². The van der Waals surface area contributed by atoms with Crippen molar-refractivity contribution in [2.24, 2.45) is 0 Å². The van der Waals surface area contributed by atoms with Gasteiger partial charge in [-0.1, -0.05) is 115 Å². The van der Waals surface area contributed by atoms with E-state index in [1.165, 1.54) is 11.1 Å². The summed E-state index contributed by atoms with van der Waals surface area (Å²) < 4.78 is 0. The Hall–Kier alpha value is -5.88. The Bertz CT molecular complexity index is 2020. The summed E-state index contributed by atoms with van der Waals surface area (Å²) in [6.07, 6.45) is 0. The summed E-state index contributed by atoms with van der Waals surface area (Å²) in [4.78, 5) is 4.53. The molecule has 0 saturated carbocycles. The molecule has 7 aromatic carbocycles. The van der Waals surface area contributed by atoms with Gasteiger partial charge in [0.1, 0.15) is 0 Å². The van der Waals surface area contributed by atoms with Crippen LogP contribution in [-0.4, -0.2) is 17.2 Å². The second-order valence-corrected chi connectivity index (χ2v) is 11.3. The van der Waals surface area contributed by atoms with Gasteiger partial charge in [-0.3, -0.25) is 0 Å². The van der Waals surface area contributed by atoms with Gasteiger partial charge >= 0.3 is 7.12 Å². The monoisotopic (exact) mass is 608 g/mol. The van der Waals surface area contributed by atoms with Crippen LogP contribution in [0.3, 0.4) is 0 Å². The van der Waals surface area contributed by atoms with Crippen molar-refractivity contribution in [1.82, 2.24) is 0 Å². The van der Waals surface area contributed by atoms with Gasteiger partial charge in [0.2, 0.25) is 0 Å². The molecule has 226 valence electrons. The fourth-order valence-corrected chi connectivity index (χ4v) is 5.88. The molecular weight excluding hydrogens is 575 g/mol. The molecule has 0 fully saturated rings. The molecule has 0 aliphatic rings. The Labute approximate surface area is 276 Å². The van der Waals surface area contributed by atoms with Crippen molar-refractivity contribution in [3.63, 3.8) is 0 Å². The Morgan fingerprint density at radius 1 is 0.277 bits per heavy atom. The summed E-state index contributed by atoms with van der Waals surface area (Å²) in [6.45, 7) is 0. The largest absolute Gasteiger partial charge is 0.488 e. The molecule has 0 aromatic heterocycles. The van der Waals surface area contributed by atoms with Crippen LogP contribution in [0.2, 0.25) is 0 Å². The lowest BCUT2D eigenvalue weighted by Gasteiger charge is -2.28. The molecule has 47 heavy (non-hydrogen) atoms. The third-order valence-electron chi connectivity index (χ3n) is 8.30. The van der Waals surface area contributed by atoms with E-state index in [1.54, 1.807) is 12.1 Å². The Morgan fingerprint density at radius 3 is 0.872 bits per heavy atom. The number of para-hydroxylation sites is 2. The summed E-state index contributed by atoms with van der Waals surface area (Å²) in [6, 6.07) is 64.4. The number of rotatable bonds is 9. The molecule has 0 aliphatic carbocycles. The van der Waals surface area contributed by atoms with Crippen molar-refractivity contribution in [2.45, 2.75) is 0 Å². The highest BCUT2D eigenvalue weighted by Gasteiger charge is 2.16. The number of benzene rings is 7. The van der Waals surface area contributed by atoms with Crippen LogP contribution < -0.4 is 15.3 Å². The molecule has 5 heteroatoms. The maximum Gasteiger partial charge on any atom is 0.488 e. The average molecular weight is 609 g/mol. The van der Waals surface area contributed by atoms with Gasteiger partial charge in [-0.15, -0.1) is 0 Å². The molecule has 0 atom stereocenters. The van der Waals surface area contributed by atoms with E-state index in [-0.39, 0.29) is 0 Å². The molecule has 0 aliphatic heterocycles. The van der Waals surface area contributed by atoms with Crippen LogP contribution in [0, 0.1) is 0 Å². The van der Waals surface area contributed by atoms with Crippen LogP contribution in [0.1, 0.15) is 0 Å². The van der Waals surface area contributed by atoms with E-state index in [2.05, 4.69) is 155 Å². The summed E-state index contributed by atoms with van der Waals surface area (Å²) in [7, 11) is -1.47. The highest BCUT2D eigenvalue weighted by molar-refractivity contribution is 6.58. The van der Waals surface area contributed by atoms with Gasteiger partial charge in [0.05, 0.1) is 0 Å². The minimum absolute atomic E-state index is 0.471. The Morgan fingerprint density at radius 2 is 0.532 bits per heavy atom. The van der Waals surface area contributed by atoms with Crippen molar-refractivity contribution in [1.29, 1.82) is 0 Å². The van der Waals surface area contributed by atoms with Crippen LogP contribution in [0.5, 0.6) is 0 Å². The van der Waals surface area contributed by atoms with Crippen LogP contribution >= 0.6 is 0 Å². The molecule has 7 rings (SSSR count). The second-order valence-electron chi connectivity index (χ2n) is 11.3. The third kappa shape index (κ3) is 6.58. The zero-order valence-electron chi connectivity index (χ0n) is 25.8. The lowest BCUT2D eigenvalue weighted by molar-refractivity contribution is 0.426. The van der Waals surface area contributed by atoms with Crippen LogP contribution in [0.15, 0.2) is 188 Å². The predicted octanol–water partition coefficient (Wildman–Crippen LogP) is 9.64. The number of anilines is 6. The summed E-state index contributed by atoms with van der Waals surface area (Å²) >= 11 is 0. The van der Waals surface area contributed by atoms with E-state index in [0.717, 1.165) is 45.3 Å². The Kier molecular flexibility index (Phi) is 8.65. The molecule has 0 heterocycles. The maximum absolute atomic E-state index is 9.46. The molecule has 0 radical (unpaired) electrons. The molecule has 0 saturated heterocycles. The van der Waals surface area contributed by atoms with Gasteiger partial charge in [0.25, 0.3) is 0 Å². The van der Waals surface area contributed by atoms with Crippen molar-refractivity contribution in [3.05, 3.63) is 188 Å². The lowest BCUT2D eigenvalue weighted by atomic mass is 9.80. The highest BCUT2D eigenvalue weighted by Crippen LogP contribution is 2.39. The zero-order valence-corrected chi connectivity index (χ0v) is 25.8. The number of hydrogen-bond acceptors (Lipinski definition) is 4. The van der Waals surface area contributed by atoms with Crippen LogP contribution in [0.4, 0.5) is 34.1 Å². The standard InChI is InChI=1S/C42H33BN2O2/c46-43(47)36-22-16-33(17-23-36)35-20-26-40(27-21-35)45(38-14-8-3-9-15-38)42-30-28-41(29-31-42)44(37-12-6-2-7-13-37)39-24-18-34(19-25-39)32-10-4-1-5-11-32/h1-31,46-47H. The fourth-order valence-electron chi connectivity index (χ4n) is 5.88. The van der Waals surface area contributed by atoms with Crippen molar-refractivity contribution >= 4 is 46.7 Å². The molecule has 0 amide bonds. The highest BCUT2D eigenvalue weighted by atomic mass is 16.4. The van der Waals surface area contributed by atoms with Gasteiger partial charge in [-0.05, 0) is 101 Å². The van der Waals surface area contributed by atoms with Crippen LogP contribution in [0.25, 0.3) is 22.3 Å². The topological polar surface area (TPSA) is 46.9 Å². The molecule has 0 spiro atoms. The molecule has 0 unspecified atom stereocenters. The zero-order chi connectivity index (χ0) is 32.0. The normalized spacial score (nSPS) is 10.8. The van der Waals surface area contributed by atoms with E-state index >= 15 is 0 Å². The summed E-state index contributed by atoms with van der Waals surface area (Å²) in [5, 5.41) is 18.9. The maximum atomic E-state index is 9.46. The van der Waals surface area contributed by atoms with E-state index in [4.69, 9.17) is 0 Å². The van der Waals surface area contributed by atoms with Crippen molar-refractivity contribution in [3.8, 4) is 22.3 Å². The van der Waals surface area contributed by atoms with E-state index in [1.807, 2.05) is 30.3 Å².